The Hall–Kier alpha value is -4.03. The molecule has 1 aliphatic carbocycles. The van der Waals surface area contributed by atoms with Crippen LogP contribution in [0.2, 0.25) is 0 Å². The third-order valence-electron chi connectivity index (χ3n) is 6.34. The second kappa shape index (κ2) is 9.45. The molecular weight excluding hydrogens is 497 g/mol. The molecule has 37 heavy (non-hydrogen) atoms. The van der Waals surface area contributed by atoms with Gasteiger partial charge in [0.05, 0.1) is 23.6 Å². The highest BCUT2D eigenvalue weighted by Crippen LogP contribution is 2.36. The molecule has 0 aliphatic heterocycles. The van der Waals surface area contributed by atoms with Crippen molar-refractivity contribution in [3.63, 3.8) is 0 Å². The fourth-order valence-electron chi connectivity index (χ4n) is 4.57. The van der Waals surface area contributed by atoms with Gasteiger partial charge in [-0.05, 0) is 37.8 Å². The third kappa shape index (κ3) is 5.11. The predicted octanol–water partition coefficient (Wildman–Crippen LogP) is 4.81. The number of rotatable bonds is 5. The summed E-state index contributed by atoms with van der Waals surface area (Å²) in [5.41, 5.74) is -0.885. The number of aryl methyl sites for hydroxylation is 1. The summed E-state index contributed by atoms with van der Waals surface area (Å²) in [4.78, 5) is 27.2. The predicted molar refractivity (Wildman–Crippen MR) is 125 cm³/mol. The Bertz CT molecular complexity index is 1460. The van der Waals surface area contributed by atoms with Crippen LogP contribution in [-0.2, 0) is 13.2 Å². The lowest BCUT2D eigenvalue weighted by molar-refractivity contribution is -0.137. The summed E-state index contributed by atoms with van der Waals surface area (Å²) in [6.07, 6.45) is 3.31. The van der Waals surface area contributed by atoms with Crippen molar-refractivity contribution in [2.45, 2.75) is 43.9 Å². The van der Waals surface area contributed by atoms with Gasteiger partial charge in [-0.2, -0.15) is 13.2 Å². The van der Waals surface area contributed by atoms with Crippen molar-refractivity contribution in [2.75, 3.05) is 5.32 Å². The summed E-state index contributed by atoms with van der Waals surface area (Å²) in [5.74, 6) is -2.31. The van der Waals surface area contributed by atoms with Crippen molar-refractivity contribution < 1.29 is 26.7 Å². The number of H-pyrrole nitrogens is 1. The van der Waals surface area contributed by atoms with Crippen LogP contribution in [-0.4, -0.2) is 42.5 Å². The smallest absolute Gasteiger partial charge is 0.365 e. The third-order valence-corrected chi connectivity index (χ3v) is 6.34. The fraction of sp³-hybridized carbons (Fsp3) is 0.333. The van der Waals surface area contributed by atoms with E-state index in [0.29, 0.717) is 24.6 Å². The number of hydrogen-bond acceptors (Lipinski definition) is 5. The fourth-order valence-corrected chi connectivity index (χ4v) is 4.57. The number of anilines is 1. The maximum absolute atomic E-state index is 14.6. The SMILES string of the molecule is Cn1cnc(C(=O)N[C@@H]2CCC[C@H](Nc3nc(-c4c[nH]c5c(F)cc(C(F)(F)F)cc45)ncc3F)C2)c1. The minimum atomic E-state index is -4.75. The Balaban J connectivity index is 1.36. The van der Waals surface area contributed by atoms with Crippen molar-refractivity contribution in [1.82, 2.24) is 29.8 Å². The topological polar surface area (TPSA) is 101 Å². The number of hydrogen-bond donors (Lipinski definition) is 3. The Kier molecular flexibility index (Phi) is 6.30. The summed E-state index contributed by atoms with van der Waals surface area (Å²) in [6.45, 7) is 0. The Morgan fingerprint density at radius 1 is 1.14 bits per heavy atom. The number of benzene rings is 1. The molecule has 1 fully saturated rings. The van der Waals surface area contributed by atoms with Gasteiger partial charge in [0.25, 0.3) is 5.91 Å². The van der Waals surface area contributed by atoms with Gasteiger partial charge in [0.1, 0.15) is 11.5 Å². The number of amides is 1. The molecule has 0 unspecified atom stereocenters. The van der Waals surface area contributed by atoms with E-state index in [1.165, 1.54) is 12.5 Å². The van der Waals surface area contributed by atoms with Gasteiger partial charge < -0.3 is 20.2 Å². The van der Waals surface area contributed by atoms with E-state index < -0.39 is 23.4 Å². The minimum absolute atomic E-state index is 0.0651. The average Bonchev–Trinajstić information content (AvgIpc) is 3.47. The standard InChI is InChI=1S/C24H22F5N7O/c1-36-10-19(32-11-36)23(37)34-14-4-2-3-13(7-14)33-22-18(26)9-31-21(35-22)16-8-30-20-15(16)5-12(6-17(20)25)24(27,28)29/h5-6,8-11,13-14,30H,2-4,7H2,1H3,(H,34,37)(H,31,33,35)/t13-,14+/m0/s1. The molecular formula is C24H22F5N7O. The zero-order valence-corrected chi connectivity index (χ0v) is 19.5. The molecule has 2 atom stereocenters. The zero-order chi connectivity index (χ0) is 26.3. The maximum atomic E-state index is 14.6. The number of aromatic nitrogens is 5. The minimum Gasteiger partial charge on any atom is -0.365 e. The van der Waals surface area contributed by atoms with E-state index in [9.17, 15) is 26.7 Å². The van der Waals surface area contributed by atoms with Gasteiger partial charge in [0, 0.05) is 42.5 Å². The summed E-state index contributed by atoms with van der Waals surface area (Å²) < 4.78 is 70.3. The highest BCUT2D eigenvalue weighted by Gasteiger charge is 2.32. The monoisotopic (exact) mass is 519 g/mol. The highest BCUT2D eigenvalue weighted by atomic mass is 19.4. The molecule has 3 N–H and O–H groups in total. The molecule has 1 saturated carbocycles. The quantitative estimate of drug-likeness (QED) is 0.329. The van der Waals surface area contributed by atoms with E-state index in [2.05, 4.69) is 30.6 Å². The van der Waals surface area contributed by atoms with Gasteiger partial charge in [-0.15, -0.1) is 0 Å². The first-order chi connectivity index (χ1) is 17.6. The maximum Gasteiger partial charge on any atom is 0.416 e. The molecule has 1 aromatic carbocycles. The van der Waals surface area contributed by atoms with Gasteiger partial charge in [0.2, 0.25) is 0 Å². The van der Waals surface area contributed by atoms with E-state index in [1.807, 2.05) is 0 Å². The van der Waals surface area contributed by atoms with Crippen LogP contribution < -0.4 is 10.6 Å². The molecule has 1 aliphatic rings. The van der Waals surface area contributed by atoms with Crippen molar-refractivity contribution in [3.8, 4) is 11.4 Å². The molecule has 0 spiro atoms. The molecule has 4 aromatic rings. The first kappa shape index (κ1) is 24.7. The number of alkyl halides is 3. The lowest BCUT2D eigenvalue weighted by atomic mass is 9.91. The van der Waals surface area contributed by atoms with Crippen LogP contribution in [0, 0.1) is 11.6 Å². The largest absolute Gasteiger partial charge is 0.416 e. The van der Waals surface area contributed by atoms with Crippen LogP contribution in [0.1, 0.15) is 41.7 Å². The number of imidazole rings is 1. The Morgan fingerprint density at radius 2 is 1.92 bits per heavy atom. The van der Waals surface area contributed by atoms with E-state index in [-0.39, 0.29) is 46.1 Å². The summed E-state index contributed by atoms with van der Waals surface area (Å²) in [6, 6.07) is 0.827. The van der Waals surface area contributed by atoms with Crippen LogP contribution in [0.3, 0.4) is 0 Å². The zero-order valence-electron chi connectivity index (χ0n) is 19.5. The second-order valence-corrected chi connectivity index (χ2v) is 9.07. The number of nitrogens with one attached hydrogen (secondary N) is 3. The lowest BCUT2D eigenvalue weighted by Gasteiger charge is -2.30. The van der Waals surface area contributed by atoms with Crippen LogP contribution >= 0.6 is 0 Å². The molecule has 8 nitrogen and oxygen atoms in total. The molecule has 0 bridgehead atoms. The first-order valence-corrected chi connectivity index (χ1v) is 11.5. The first-order valence-electron chi connectivity index (χ1n) is 11.5. The van der Waals surface area contributed by atoms with Crippen LogP contribution in [0.4, 0.5) is 27.8 Å². The lowest BCUT2D eigenvalue weighted by Crippen LogP contribution is -2.42. The van der Waals surface area contributed by atoms with E-state index >= 15 is 0 Å². The summed E-state index contributed by atoms with van der Waals surface area (Å²) >= 11 is 0. The van der Waals surface area contributed by atoms with E-state index in [1.54, 1.807) is 17.8 Å². The molecule has 0 radical (unpaired) electrons. The normalized spacial score (nSPS) is 18.2. The molecule has 3 heterocycles. The number of fused-ring (bicyclic) bond motifs is 1. The number of carbonyl (C=O) groups is 1. The van der Waals surface area contributed by atoms with Crippen molar-refractivity contribution in [1.29, 1.82) is 0 Å². The van der Waals surface area contributed by atoms with Crippen molar-refractivity contribution >= 4 is 22.6 Å². The molecule has 1 amide bonds. The van der Waals surface area contributed by atoms with E-state index in [0.717, 1.165) is 25.1 Å². The Labute approximate surface area is 207 Å². The number of nitrogens with zero attached hydrogens (tertiary/aromatic N) is 4. The number of halogens is 5. The van der Waals surface area contributed by atoms with Gasteiger partial charge in [-0.25, -0.2) is 23.7 Å². The van der Waals surface area contributed by atoms with Crippen molar-refractivity contribution in [3.05, 3.63) is 59.9 Å². The van der Waals surface area contributed by atoms with Crippen LogP contribution in [0.5, 0.6) is 0 Å². The average molecular weight is 519 g/mol. The van der Waals surface area contributed by atoms with Gasteiger partial charge in [0.15, 0.2) is 17.5 Å². The van der Waals surface area contributed by atoms with Crippen molar-refractivity contribution in [2.24, 2.45) is 7.05 Å². The second-order valence-electron chi connectivity index (χ2n) is 9.07. The molecule has 194 valence electrons. The summed E-state index contributed by atoms with van der Waals surface area (Å²) in [5, 5.41) is 5.91. The van der Waals surface area contributed by atoms with Gasteiger partial charge in [-0.3, -0.25) is 4.79 Å². The Morgan fingerprint density at radius 3 is 2.65 bits per heavy atom. The van der Waals surface area contributed by atoms with E-state index in [4.69, 9.17) is 0 Å². The van der Waals surface area contributed by atoms with Crippen LogP contribution in [0.15, 0.2) is 37.1 Å². The molecule has 5 rings (SSSR count). The number of carbonyl (C=O) groups excluding carboxylic acids is 1. The molecule has 13 heteroatoms. The van der Waals surface area contributed by atoms with Gasteiger partial charge in [-0.1, -0.05) is 0 Å². The molecule has 0 saturated heterocycles. The molecule has 3 aromatic heterocycles. The number of aromatic amines is 1. The highest BCUT2D eigenvalue weighted by molar-refractivity contribution is 5.95. The van der Waals surface area contributed by atoms with Gasteiger partial charge >= 0.3 is 6.18 Å². The summed E-state index contributed by atoms with van der Waals surface area (Å²) in [7, 11) is 1.76. The van der Waals surface area contributed by atoms with Crippen LogP contribution in [0.25, 0.3) is 22.3 Å².